The minimum absolute atomic E-state index is 0.381. The monoisotopic (exact) mass is 249 g/mol. The molecular weight excluding hydrogens is 238 g/mol. The van der Waals surface area contributed by atoms with Crippen LogP contribution in [0.4, 0.5) is 0 Å². The highest BCUT2D eigenvalue weighted by atomic mass is 35.5. The molecule has 0 aliphatic rings. The highest BCUT2D eigenvalue weighted by Crippen LogP contribution is 2.26. The van der Waals surface area contributed by atoms with Gasteiger partial charge < -0.3 is 10.5 Å². The lowest BCUT2D eigenvalue weighted by atomic mass is 10.2. The van der Waals surface area contributed by atoms with Gasteiger partial charge >= 0.3 is 0 Å². The van der Waals surface area contributed by atoms with Crippen molar-refractivity contribution >= 4 is 11.6 Å². The quantitative estimate of drug-likeness (QED) is 0.909. The summed E-state index contributed by atoms with van der Waals surface area (Å²) in [4.78, 5) is 0. The molecule has 0 saturated carbocycles. The van der Waals surface area contributed by atoms with Crippen LogP contribution < -0.4 is 10.5 Å². The molecule has 0 aliphatic heterocycles. The van der Waals surface area contributed by atoms with Crippen molar-refractivity contribution in [1.29, 1.82) is 0 Å². The van der Waals surface area contributed by atoms with Crippen molar-refractivity contribution < 1.29 is 4.74 Å². The van der Waals surface area contributed by atoms with Crippen molar-refractivity contribution in [2.75, 3.05) is 0 Å². The first-order valence-electron chi connectivity index (χ1n) is 5.15. The summed E-state index contributed by atoms with van der Waals surface area (Å²) in [5.74, 6) is 1.03. The second-order valence-electron chi connectivity index (χ2n) is 3.57. The maximum Gasteiger partial charge on any atom is 0.238 e. The van der Waals surface area contributed by atoms with Crippen molar-refractivity contribution in [1.82, 2.24) is 10.2 Å². The predicted octanol–water partition coefficient (Wildman–Crippen LogP) is 2.69. The Bertz CT molecular complexity index is 514. The number of hydrogen-bond acceptors (Lipinski definition) is 4. The molecule has 0 saturated heterocycles. The first kappa shape index (κ1) is 11.8. The lowest BCUT2D eigenvalue weighted by Gasteiger charge is -2.09. The van der Waals surface area contributed by atoms with Crippen molar-refractivity contribution in [3.05, 3.63) is 46.6 Å². The van der Waals surface area contributed by atoms with E-state index in [1.54, 1.807) is 18.2 Å². The van der Waals surface area contributed by atoms with Gasteiger partial charge in [-0.05, 0) is 25.1 Å². The van der Waals surface area contributed by atoms with Gasteiger partial charge in [-0.25, -0.2) is 0 Å². The Morgan fingerprint density at radius 2 is 2.06 bits per heavy atom. The average Bonchev–Trinajstić information content (AvgIpc) is 2.32. The van der Waals surface area contributed by atoms with E-state index in [0.717, 1.165) is 11.3 Å². The van der Waals surface area contributed by atoms with Crippen LogP contribution in [0.1, 0.15) is 11.3 Å². The van der Waals surface area contributed by atoms with Gasteiger partial charge in [-0.3, -0.25) is 0 Å². The molecule has 1 aromatic carbocycles. The van der Waals surface area contributed by atoms with E-state index in [1.165, 1.54) is 0 Å². The summed E-state index contributed by atoms with van der Waals surface area (Å²) in [5.41, 5.74) is 7.33. The Labute approximate surface area is 104 Å². The van der Waals surface area contributed by atoms with Gasteiger partial charge in [0.05, 0.1) is 5.69 Å². The lowest BCUT2D eigenvalue weighted by molar-refractivity contribution is 0.449. The maximum absolute atomic E-state index is 5.91. The molecule has 0 radical (unpaired) electrons. The third kappa shape index (κ3) is 2.93. The number of benzene rings is 1. The molecule has 2 rings (SSSR count). The summed E-state index contributed by atoms with van der Waals surface area (Å²) in [5, 5.41) is 8.43. The molecule has 1 aromatic heterocycles. The van der Waals surface area contributed by atoms with Gasteiger partial charge in [0.25, 0.3) is 0 Å². The van der Waals surface area contributed by atoms with Crippen molar-refractivity contribution in [3.8, 4) is 11.6 Å². The molecule has 88 valence electrons. The molecule has 0 unspecified atom stereocenters. The molecule has 2 aromatic rings. The van der Waals surface area contributed by atoms with E-state index in [1.807, 2.05) is 19.1 Å². The summed E-state index contributed by atoms with van der Waals surface area (Å²) in [6.45, 7) is 2.24. The lowest BCUT2D eigenvalue weighted by Crippen LogP contribution is -2.00. The first-order chi connectivity index (χ1) is 8.19. The standard InChI is InChI=1S/C12H12ClN3O/c1-8-2-5-12(16-15-8)17-11-6-10(13)4-3-9(11)7-14/h2-6H,7,14H2,1H3. The Morgan fingerprint density at radius 1 is 1.24 bits per heavy atom. The largest absolute Gasteiger partial charge is 0.437 e. The molecule has 0 spiro atoms. The van der Waals surface area contributed by atoms with Crippen LogP contribution in [0.15, 0.2) is 30.3 Å². The third-order valence-electron chi connectivity index (χ3n) is 2.24. The summed E-state index contributed by atoms with van der Waals surface area (Å²) >= 11 is 5.91. The summed E-state index contributed by atoms with van der Waals surface area (Å²) in [6.07, 6.45) is 0. The molecule has 0 fully saturated rings. The van der Waals surface area contributed by atoms with Crippen LogP contribution in [0.25, 0.3) is 0 Å². The van der Waals surface area contributed by atoms with Gasteiger partial charge in [-0.1, -0.05) is 17.7 Å². The number of nitrogens with two attached hydrogens (primary N) is 1. The molecule has 5 heteroatoms. The normalized spacial score (nSPS) is 10.3. The second kappa shape index (κ2) is 5.12. The molecule has 0 aliphatic carbocycles. The third-order valence-corrected chi connectivity index (χ3v) is 2.47. The molecule has 1 heterocycles. The van der Waals surface area contributed by atoms with Crippen LogP contribution in [0.2, 0.25) is 5.02 Å². The van der Waals surface area contributed by atoms with E-state index in [9.17, 15) is 0 Å². The molecular formula is C12H12ClN3O. The molecule has 4 nitrogen and oxygen atoms in total. The van der Waals surface area contributed by atoms with Crippen molar-refractivity contribution in [2.24, 2.45) is 5.73 Å². The van der Waals surface area contributed by atoms with Crippen molar-refractivity contribution in [2.45, 2.75) is 13.5 Å². The number of aryl methyl sites for hydroxylation is 1. The highest BCUT2D eigenvalue weighted by Gasteiger charge is 2.05. The molecule has 0 bridgehead atoms. The van der Waals surface area contributed by atoms with Crippen LogP contribution in [-0.2, 0) is 6.54 Å². The van der Waals surface area contributed by atoms with Gasteiger partial charge in [0.2, 0.25) is 5.88 Å². The number of nitrogens with zero attached hydrogens (tertiary/aromatic N) is 2. The van der Waals surface area contributed by atoms with Gasteiger partial charge in [-0.15, -0.1) is 5.10 Å². The fraction of sp³-hybridized carbons (Fsp3) is 0.167. The number of halogens is 1. The van der Waals surface area contributed by atoms with Crippen molar-refractivity contribution in [3.63, 3.8) is 0 Å². The highest BCUT2D eigenvalue weighted by molar-refractivity contribution is 6.30. The zero-order valence-corrected chi connectivity index (χ0v) is 10.1. The number of ether oxygens (including phenoxy) is 1. The Balaban J connectivity index is 2.28. The van der Waals surface area contributed by atoms with Crippen LogP contribution >= 0.6 is 11.6 Å². The van der Waals surface area contributed by atoms with Crippen LogP contribution in [-0.4, -0.2) is 10.2 Å². The first-order valence-corrected chi connectivity index (χ1v) is 5.53. The smallest absolute Gasteiger partial charge is 0.238 e. The number of rotatable bonds is 3. The summed E-state index contributed by atoms with van der Waals surface area (Å²) in [6, 6.07) is 8.90. The Morgan fingerprint density at radius 3 is 2.71 bits per heavy atom. The zero-order chi connectivity index (χ0) is 12.3. The maximum atomic E-state index is 5.91. The fourth-order valence-corrected chi connectivity index (χ4v) is 1.51. The molecule has 0 atom stereocenters. The minimum Gasteiger partial charge on any atom is -0.437 e. The summed E-state index contributed by atoms with van der Waals surface area (Å²) in [7, 11) is 0. The SMILES string of the molecule is Cc1ccc(Oc2cc(Cl)ccc2CN)nn1. The van der Waals surface area contributed by atoms with E-state index in [2.05, 4.69) is 10.2 Å². The van der Waals surface area contributed by atoms with E-state index in [0.29, 0.717) is 23.2 Å². The van der Waals surface area contributed by atoms with Gasteiger partial charge in [-0.2, -0.15) is 5.10 Å². The van der Waals surface area contributed by atoms with Crippen LogP contribution in [0, 0.1) is 6.92 Å². The topological polar surface area (TPSA) is 61.0 Å². The average molecular weight is 250 g/mol. The van der Waals surface area contributed by atoms with E-state index in [-0.39, 0.29) is 0 Å². The summed E-state index contributed by atoms with van der Waals surface area (Å²) < 4.78 is 5.60. The minimum atomic E-state index is 0.381. The zero-order valence-electron chi connectivity index (χ0n) is 9.35. The van der Waals surface area contributed by atoms with E-state index >= 15 is 0 Å². The molecule has 17 heavy (non-hydrogen) atoms. The fourth-order valence-electron chi connectivity index (χ4n) is 1.35. The van der Waals surface area contributed by atoms with Gasteiger partial charge in [0.1, 0.15) is 5.75 Å². The number of aromatic nitrogens is 2. The Hall–Kier alpha value is -1.65. The predicted molar refractivity (Wildman–Crippen MR) is 66.2 cm³/mol. The van der Waals surface area contributed by atoms with E-state index in [4.69, 9.17) is 22.1 Å². The Kier molecular flexibility index (Phi) is 3.56. The second-order valence-corrected chi connectivity index (χ2v) is 4.01. The van der Waals surface area contributed by atoms with Gasteiger partial charge in [0.15, 0.2) is 0 Å². The molecule has 0 amide bonds. The number of hydrogen-bond donors (Lipinski definition) is 1. The van der Waals surface area contributed by atoms with E-state index < -0.39 is 0 Å². The molecule has 2 N–H and O–H groups in total. The van der Waals surface area contributed by atoms with Crippen LogP contribution in [0.3, 0.4) is 0 Å². The van der Waals surface area contributed by atoms with Gasteiger partial charge in [0, 0.05) is 23.2 Å². The van der Waals surface area contributed by atoms with Crippen LogP contribution in [0.5, 0.6) is 11.6 Å².